The number of benzene rings is 2. The molecule has 1 aliphatic carbocycles. The molecule has 29 heavy (non-hydrogen) atoms. The summed E-state index contributed by atoms with van der Waals surface area (Å²) in [4.78, 5) is 26.5. The maximum absolute atomic E-state index is 12.3. The van der Waals surface area contributed by atoms with Crippen LogP contribution in [0.25, 0.3) is 0 Å². The predicted octanol–water partition coefficient (Wildman–Crippen LogP) is 3.35. The lowest BCUT2D eigenvalue weighted by Gasteiger charge is -2.29. The number of methoxy groups -OCH3 is 1. The van der Waals surface area contributed by atoms with Gasteiger partial charge in [-0.1, -0.05) is 18.2 Å². The first-order chi connectivity index (χ1) is 14.1. The minimum atomic E-state index is -0.222. The zero-order valence-electron chi connectivity index (χ0n) is 16.7. The van der Waals surface area contributed by atoms with Gasteiger partial charge in [0.05, 0.1) is 7.11 Å². The molecule has 2 aromatic rings. The second-order valence-electron chi connectivity index (χ2n) is 7.75. The van der Waals surface area contributed by atoms with Crippen LogP contribution >= 0.6 is 0 Å². The first-order valence-electron chi connectivity index (χ1n) is 10.2. The number of hydrogen-bond donors (Lipinski definition) is 2. The molecule has 3 amide bonds. The molecule has 2 aliphatic rings. The molecule has 0 unspecified atom stereocenters. The number of fused-ring (bicyclic) bond motifs is 1. The van der Waals surface area contributed by atoms with Gasteiger partial charge in [0.15, 0.2) is 0 Å². The van der Waals surface area contributed by atoms with E-state index in [1.54, 1.807) is 7.11 Å². The smallest absolute Gasteiger partial charge is 0.319 e. The maximum atomic E-state index is 12.3. The predicted molar refractivity (Wildman–Crippen MR) is 112 cm³/mol. The Morgan fingerprint density at radius 2 is 1.90 bits per heavy atom. The summed E-state index contributed by atoms with van der Waals surface area (Å²) >= 11 is 0. The van der Waals surface area contributed by atoms with E-state index in [1.807, 2.05) is 41.3 Å². The van der Waals surface area contributed by atoms with Gasteiger partial charge in [-0.3, -0.25) is 4.79 Å². The third-order valence-corrected chi connectivity index (χ3v) is 5.57. The van der Waals surface area contributed by atoms with E-state index < -0.39 is 0 Å². The van der Waals surface area contributed by atoms with Gasteiger partial charge in [-0.15, -0.1) is 0 Å². The van der Waals surface area contributed by atoms with Gasteiger partial charge in [0.1, 0.15) is 5.75 Å². The van der Waals surface area contributed by atoms with Gasteiger partial charge in [-0.2, -0.15) is 0 Å². The molecule has 4 rings (SSSR count). The molecule has 1 fully saturated rings. The molecular formula is C23H27N3O3. The maximum Gasteiger partial charge on any atom is 0.319 e. The van der Waals surface area contributed by atoms with E-state index in [-0.39, 0.29) is 17.9 Å². The molecule has 1 heterocycles. The fourth-order valence-corrected chi connectivity index (χ4v) is 3.70. The van der Waals surface area contributed by atoms with Crippen LogP contribution in [0.4, 0.5) is 10.5 Å². The Bertz CT molecular complexity index is 891. The first-order valence-corrected chi connectivity index (χ1v) is 10.2. The lowest BCUT2D eigenvalue weighted by Crippen LogP contribution is -2.37. The number of nitrogens with zero attached hydrogens (tertiary/aromatic N) is 1. The zero-order chi connectivity index (χ0) is 20.2. The number of ether oxygens (including phenoxy) is 1. The number of rotatable bonds is 6. The van der Waals surface area contributed by atoms with E-state index in [1.165, 1.54) is 5.56 Å². The Labute approximate surface area is 171 Å². The Hall–Kier alpha value is -3.02. The standard InChI is InChI=1S/C23H27N3O3/c1-29-21-8-2-16(3-9-21)10-12-24-23(28)25-20-7-6-17-11-13-26(15-19(17)14-20)22(27)18-4-5-18/h2-3,6-9,14,18H,4-5,10-13,15H2,1H3,(H2,24,25,28). The molecule has 0 spiro atoms. The summed E-state index contributed by atoms with van der Waals surface area (Å²) in [5.74, 6) is 1.35. The van der Waals surface area contributed by atoms with Crippen molar-refractivity contribution in [1.82, 2.24) is 10.2 Å². The summed E-state index contributed by atoms with van der Waals surface area (Å²) in [5.41, 5.74) is 4.28. The van der Waals surface area contributed by atoms with Crippen molar-refractivity contribution in [2.45, 2.75) is 32.2 Å². The Morgan fingerprint density at radius 3 is 2.62 bits per heavy atom. The third kappa shape index (κ3) is 4.88. The summed E-state index contributed by atoms with van der Waals surface area (Å²) in [7, 11) is 1.64. The van der Waals surface area contributed by atoms with Gasteiger partial charge in [0.25, 0.3) is 0 Å². The summed E-state index contributed by atoms with van der Waals surface area (Å²) in [6.07, 6.45) is 3.68. The molecule has 0 saturated heterocycles. The van der Waals surface area contributed by atoms with E-state index in [4.69, 9.17) is 4.74 Å². The molecule has 0 atom stereocenters. The van der Waals surface area contributed by atoms with Crippen molar-refractivity contribution in [2.24, 2.45) is 5.92 Å². The van der Waals surface area contributed by atoms with E-state index in [2.05, 4.69) is 16.7 Å². The molecule has 6 heteroatoms. The molecule has 2 N–H and O–H groups in total. The second-order valence-corrected chi connectivity index (χ2v) is 7.75. The van der Waals surface area contributed by atoms with Crippen molar-refractivity contribution in [2.75, 3.05) is 25.5 Å². The van der Waals surface area contributed by atoms with Crippen LogP contribution in [0.2, 0.25) is 0 Å². The van der Waals surface area contributed by atoms with Crippen LogP contribution < -0.4 is 15.4 Å². The Balaban J connectivity index is 1.28. The van der Waals surface area contributed by atoms with Gasteiger partial charge < -0.3 is 20.3 Å². The number of anilines is 1. The highest BCUT2D eigenvalue weighted by molar-refractivity contribution is 5.89. The van der Waals surface area contributed by atoms with Crippen LogP contribution in [0, 0.1) is 5.92 Å². The van der Waals surface area contributed by atoms with E-state index in [0.717, 1.165) is 54.8 Å². The first kappa shape index (κ1) is 19.3. The SMILES string of the molecule is COc1ccc(CCNC(=O)Nc2ccc3c(c2)CN(C(=O)C2CC2)CC3)cc1. The highest BCUT2D eigenvalue weighted by atomic mass is 16.5. The van der Waals surface area contributed by atoms with Crippen LogP contribution in [-0.4, -0.2) is 37.0 Å². The van der Waals surface area contributed by atoms with E-state index in [0.29, 0.717) is 13.1 Å². The fraction of sp³-hybridized carbons (Fsp3) is 0.391. The van der Waals surface area contributed by atoms with Crippen molar-refractivity contribution < 1.29 is 14.3 Å². The quantitative estimate of drug-likeness (QED) is 0.791. The second kappa shape index (κ2) is 8.55. The van der Waals surface area contributed by atoms with Crippen LogP contribution in [0.1, 0.15) is 29.5 Å². The molecule has 0 aromatic heterocycles. The molecule has 1 aliphatic heterocycles. The summed E-state index contributed by atoms with van der Waals surface area (Å²) in [6, 6.07) is 13.6. The molecule has 6 nitrogen and oxygen atoms in total. The molecule has 0 radical (unpaired) electrons. The zero-order valence-corrected chi connectivity index (χ0v) is 16.7. The van der Waals surface area contributed by atoms with Gasteiger partial charge in [-0.05, 0) is 66.6 Å². The lowest BCUT2D eigenvalue weighted by molar-refractivity contribution is -0.133. The van der Waals surface area contributed by atoms with Crippen LogP contribution in [0.3, 0.4) is 0 Å². The van der Waals surface area contributed by atoms with Crippen molar-refractivity contribution >= 4 is 17.6 Å². The van der Waals surface area contributed by atoms with Crippen LogP contribution in [0.5, 0.6) is 5.75 Å². The third-order valence-electron chi connectivity index (χ3n) is 5.57. The monoisotopic (exact) mass is 393 g/mol. The Morgan fingerprint density at radius 1 is 1.10 bits per heavy atom. The number of urea groups is 1. The van der Waals surface area contributed by atoms with Crippen LogP contribution in [-0.2, 0) is 24.2 Å². The number of nitrogens with one attached hydrogen (secondary N) is 2. The van der Waals surface area contributed by atoms with Crippen LogP contribution in [0.15, 0.2) is 42.5 Å². The molecular weight excluding hydrogens is 366 g/mol. The number of hydrogen-bond acceptors (Lipinski definition) is 3. The van der Waals surface area contributed by atoms with Gasteiger partial charge in [0.2, 0.25) is 5.91 Å². The van der Waals surface area contributed by atoms with Crippen molar-refractivity contribution in [1.29, 1.82) is 0 Å². The van der Waals surface area contributed by atoms with Gasteiger partial charge in [-0.25, -0.2) is 4.79 Å². The number of carbonyl (C=O) groups is 2. The highest BCUT2D eigenvalue weighted by Crippen LogP contribution is 2.33. The summed E-state index contributed by atoms with van der Waals surface area (Å²) in [5, 5.41) is 5.79. The lowest BCUT2D eigenvalue weighted by atomic mass is 9.98. The number of carbonyl (C=O) groups excluding carboxylic acids is 2. The Kier molecular flexibility index (Phi) is 5.69. The fourth-order valence-electron chi connectivity index (χ4n) is 3.70. The minimum Gasteiger partial charge on any atom is -0.497 e. The van der Waals surface area contributed by atoms with Gasteiger partial charge >= 0.3 is 6.03 Å². The summed E-state index contributed by atoms with van der Waals surface area (Å²) in [6.45, 7) is 1.98. The van der Waals surface area contributed by atoms with Crippen molar-refractivity contribution in [3.8, 4) is 5.75 Å². The average Bonchev–Trinajstić information content (AvgIpc) is 3.58. The van der Waals surface area contributed by atoms with E-state index in [9.17, 15) is 9.59 Å². The largest absolute Gasteiger partial charge is 0.497 e. The molecule has 1 saturated carbocycles. The average molecular weight is 393 g/mol. The van der Waals surface area contributed by atoms with Crippen molar-refractivity contribution in [3.05, 3.63) is 59.2 Å². The van der Waals surface area contributed by atoms with E-state index >= 15 is 0 Å². The van der Waals surface area contributed by atoms with Crippen molar-refractivity contribution in [3.63, 3.8) is 0 Å². The van der Waals surface area contributed by atoms with Gasteiger partial charge in [0, 0.05) is 31.2 Å². The minimum absolute atomic E-state index is 0.222. The number of amides is 3. The molecule has 2 aromatic carbocycles. The topological polar surface area (TPSA) is 70.7 Å². The molecule has 152 valence electrons. The molecule has 0 bridgehead atoms. The highest BCUT2D eigenvalue weighted by Gasteiger charge is 2.34. The normalized spacial score (nSPS) is 15.4. The summed E-state index contributed by atoms with van der Waals surface area (Å²) < 4.78 is 5.15.